The highest BCUT2D eigenvalue weighted by atomic mass is 16.5. The van der Waals surface area contributed by atoms with Crippen molar-refractivity contribution >= 4 is 11.9 Å². The number of carbonyl (C=O) groups is 1. The van der Waals surface area contributed by atoms with Crippen molar-refractivity contribution in [2.45, 2.75) is 39.8 Å². The Balaban J connectivity index is 1.57. The predicted molar refractivity (Wildman–Crippen MR) is 118 cm³/mol. The lowest BCUT2D eigenvalue weighted by Crippen LogP contribution is -2.48. The molecule has 0 aromatic heterocycles. The van der Waals surface area contributed by atoms with Gasteiger partial charge in [0.25, 0.3) is 0 Å². The van der Waals surface area contributed by atoms with Crippen LogP contribution in [0.5, 0.6) is 0 Å². The number of rotatable bonds is 7. The van der Waals surface area contributed by atoms with Crippen LogP contribution in [0.4, 0.5) is 0 Å². The number of likely N-dealkylation sites (tertiary alicyclic amines) is 1. The molecule has 7 nitrogen and oxygen atoms in total. The van der Waals surface area contributed by atoms with Crippen LogP contribution in [-0.4, -0.2) is 74.3 Å². The van der Waals surface area contributed by atoms with Crippen molar-refractivity contribution in [2.75, 3.05) is 52.5 Å². The summed E-state index contributed by atoms with van der Waals surface area (Å²) in [7, 11) is 0. The Bertz CT molecular complexity index is 686. The van der Waals surface area contributed by atoms with Crippen molar-refractivity contribution in [3.8, 4) is 0 Å². The number of esters is 1. The van der Waals surface area contributed by atoms with Gasteiger partial charge in [-0.05, 0) is 37.8 Å². The van der Waals surface area contributed by atoms with E-state index in [1.807, 2.05) is 6.92 Å². The summed E-state index contributed by atoms with van der Waals surface area (Å²) >= 11 is 0. The highest BCUT2D eigenvalue weighted by molar-refractivity contribution is 5.81. The van der Waals surface area contributed by atoms with E-state index in [0.717, 1.165) is 64.7 Å². The van der Waals surface area contributed by atoms with Crippen molar-refractivity contribution in [3.63, 3.8) is 0 Å². The number of morpholine rings is 1. The van der Waals surface area contributed by atoms with E-state index in [1.165, 1.54) is 11.1 Å². The summed E-state index contributed by atoms with van der Waals surface area (Å²) < 4.78 is 10.6. The van der Waals surface area contributed by atoms with E-state index in [0.29, 0.717) is 19.7 Å². The zero-order chi connectivity index (χ0) is 21.2. The fraction of sp³-hybridized carbons (Fsp3) is 0.652. The van der Waals surface area contributed by atoms with E-state index in [4.69, 9.17) is 14.5 Å². The number of aliphatic imine (C=N–C) groups is 1. The number of ether oxygens (including phenoxy) is 2. The zero-order valence-corrected chi connectivity index (χ0v) is 18.4. The standard InChI is InChI=1S/C23H36N4O3/c1-3-24-23(27-11-5-6-21(18-27)22(28)30-4-2)25-16-19-7-9-20(10-8-19)17-26-12-14-29-15-13-26/h7-10,21H,3-6,11-18H2,1-2H3,(H,24,25). The Morgan fingerprint density at radius 1 is 1.17 bits per heavy atom. The van der Waals surface area contributed by atoms with Gasteiger partial charge in [-0.1, -0.05) is 24.3 Å². The maximum Gasteiger partial charge on any atom is 0.310 e. The van der Waals surface area contributed by atoms with Crippen molar-refractivity contribution < 1.29 is 14.3 Å². The Kier molecular flexibility index (Phi) is 8.96. The van der Waals surface area contributed by atoms with E-state index in [2.05, 4.69) is 46.3 Å². The third kappa shape index (κ3) is 6.71. The molecule has 0 bridgehead atoms. The first-order chi connectivity index (χ1) is 14.7. The van der Waals surface area contributed by atoms with Crippen LogP contribution in [-0.2, 0) is 27.4 Å². The summed E-state index contributed by atoms with van der Waals surface area (Å²) in [5.74, 6) is 0.722. The SMILES string of the molecule is CCNC(=NCc1ccc(CN2CCOCC2)cc1)N1CCCC(C(=O)OCC)C1. The molecule has 2 aliphatic heterocycles. The zero-order valence-electron chi connectivity index (χ0n) is 18.4. The van der Waals surface area contributed by atoms with Gasteiger partial charge in [0.05, 0.1) is 32.3 Å². The molecule has 0 aliphatic carbocycles. The Labute approximate surface area is 180 Å². The molecular formula is C23H36N4O3. The van der Waals surface area contributed by atoms with Crippen molar-refractivity contribution in [2.24, 2.45) is 10.9 Å². The number of benzene rings is 1. The van der Waals surface area contributed by atoms with Gasteiger partial charge >= 0.3 is 5.97 Å². The molecule has 0 radical (unpaired) electrons. The van der Waals surface area contributed by atoms with Crippen molar-refractivity contribution in [1.29, 1.82) is 0 Å². The van der Waals surface area contributed by atoms with Crippen LogP contribution in [0, 0.1) is 5.92 Å². The van der Waals surface area contributed by atoms with Gasteiger partial charge in [-0.2, -0.15) is 0 Å². The minimum Gasteiger partial charge on any atom is -0.466 e. The third-order valence-electron chi connectivity index (χ3n) is 5.62. The molecule has 0 saturated carbocycles. The first kappa shape index (κ1) is 22.6. The molecular weight excluding hydrogens is 380 g/mol. The second-order valence-corrected chi connectivity index (χ2v) is 7.91. The molecule has 166 valence electrons. The number of nitrogens with one attached hydrogen (secondary N) is 1. The molecule has 1 N–H and O–H groups in total. The van der Waals surface area contributed by atoms with Crippen molar-refractivity contribution in [3.05, 3.63) is 35.4 Å². The van der Waals surface area contributed by atoms with Crippen LogP contribution in [0.25, 0.3) is 0 Å². The number of carbonyl (C=O) groups excluding carboxylic acids is 1. The smallest absolute Gasteiger partial charge is 0.310 e. The molecule has 2 saturated heterocycles. The molecule has 30 heavy (non-hydrogen) atoms. The monoisotopic (exact) mass is 416 g/mol. The third-order valence-corrected chi connectivity index (χ3v) is 5.62. The molecule has 3 rings (SSSR count). The molecule has 2 aliphatic rings. The summed E-state index contributed by atoms with van der Waals surface area (Å²) in [5.41, 5.74) is 2.51. The van der Waals surface area contributed by atoms with Crippen LogP contribution in [0.3, 0.4) is 0 Å². The van der Waals surface area contributed by atoms with Crippen LogP contribution >= 0.6 is 0 Å². The minimum atomic E-state index is -0.0890. The Morgan fingerprint density at radius 3 is 2.60 bits per heavy atom. The molecule has 1 unspecified atom stereocenters. The molecule has 7 heteroatoms. The summed E-state index contributed by atoms with van der Waals surface area (Å²) in [5, 5.41) is 3.38. The van der Waals surface area contributed by atoms with Crippen LogP contribution < -0.4 is 5.32 Å². The molecule has 1 aromatic carbocycles. The largest absolute Gasteiger partial charge is 0.466 e. The molecule has 2 heterocycles. The molecule has 2 fully saturated rings. The van der Waals surface area contributed by atoms with Gasteiger partial charge in [-0.3, -0.25) is 9.69 Å². The lowest BCUT2D eigenvalue weighted by Gasteiger charge is -2.34. The minimum absolute atomic E-state index is 0.0676. The van der Waals surface area contributed by atoms with E-state index < -0.39 is 0 Å². The fourth-order valence-electron chi connectivity index (χ4n) is 3.98. The number of guanidine groups is 1. The number of hydrogen-bond donors (Lipinski definition) is 1. The highest BCUT2D eigenvalue weighted by Crippen LogP contribution is 2.18. The lowest BCUT2D eigenvalue weighted by molar-refractivity contribution is -0.149. The summed E-state index contributed by atoms with van der Waals surface area (Å²) in [6, 6.07) is 8.73. The van der Waals surface area contributed by atoms with Gasteiger partial charge < -0.3 is 19.7 Å². The summed E-state index contributed by atoms with van der Waals surface area (Å²) in [6.07, 6.45) is 1.86. The van der Waals surface area contributed by atoms with Gasteiger partial charge in [0.15, 0.2) is 5.96 Å². The number of hydrogen-bond acceptors (Lipinski definition) is 5. The lowest BCUT2D eigenvalue weighted by atomic mass is 9.98. The maximum absolute atomic E-state index is 12.2. The van der Waals surface area contributed by atoms with Crippen molar-refractivity contribution in [1.82, 2.24) is 15.1 Å². The highest BCUT2D eigenvalue weighted by Gasteiger charge is 2.28. The quantitative estimate of drug-likeness (QED) is 0.418. The maximum atomic E-state index is 12.2. The van der Waals surface area contributed by atoms with Gasteiger partial charge in [0, 0.05) is 39.3 Å². The molecule has 0 amide bonds. The predicted octanol–water partition coefficient (Wildman–Crippen LogP) is 2.26. The van der Waals surface area contributed by atoms with Gasteiger partial charge in [0.1, 0.15) is 0 Å². The van der Waals surface area contributed by atoms with E-state index in [1.54, 1.807) is 0 Å². The molecule has 0 spiro atoms. The van der Waals surface area contributed by atoms with E-state index >= 15 is 0 Å². The van der Waals surface area contributed by atoms with Gasteiger partial charge in [-0.25, -0.2) is 4.99 Å². The Hall–Kier alpha value is -2.12. The second kappa shape index (κ2) is 11.9. The second-order valence-electron chi connectivity index (χ2n) is 7.91. The Morgan fingerprint density at radius 2 is 1.90 bits per heavy atom. The van der Waals surface area contributed by atoms with Crippen LogP contribution in [0.15, 0.2) is 29.3 Å². The van der Waals surface area contributed by atoms with E-state index in [9.17, 15) is 4.79 Å². The first-order valence-corrected chi connectivity index (χ1v) is 11.3. The van der Waals surface area contributed by atoms with Crippen LogP contribution in [0.1, 0.15) is 37.8 Å². The number of piperidine rings is 1. The summed E-state index contributed by atoms with van der Waals surface area (Å²) in [6.45, 7) is 12.0. The average molecular weight is 417 g/mol. The molecule has 1 atom stereocenters. The number of nitrogens with zero attached hydrogens (tertiary/aromatic N) is 3. The van der Waals surface area contributed by atoms with E-state index in [-0.39, 0.29) is 11.9 Å². The van der Waals surface area contributed by atoms with Gasteiger partial charge in [-0.15, -0.1) is 0 Å². The summed E-state index contributed by atoms with van der Waals surface area (Å²) in [4.78, 5) is 21.6. The topological polar surface area (TPSA) is 66.4 Å². The normalized spacial score (nSPS) is 20.8. The average Bonchev–Trinajstić information content (AvgIpc) is 2.78. The fourth-order valence-corrected chi connectivity index (χ4v) is 3.98. The molecule has 1 aromatic rings. The van der Waals surface area contributed by atoms with Crippen LogP contribution in [0.2, 0.25) is 0 Å². The van der Waals surface area contributed by atoms with Gasteiger partial charge in [0.2, 0.25) is 0 Å². The first-order valence-electron chi connectivity index (χ1n) is 11.3.